The standard InChI is InChI=1S/C25H17N3O5/c1-27-17-11-18-21(28-13-17)24(32)22(29)19(23(30)31)20(15-5-3-2-4-6-15)25(24,33-18)16-9-7-14(12-26)8-10-16/h2-11,13,19-20,22,29,32H,(H,30,31)/t19-,20-,22-,24+,25+/m1/s1. The first-order chi connectivity index (χ1) is 15.9. The maximum atomic E-state index is 12.4. The number of fused-ring (bicyclic) bond motifs is 3. The first kappa shape index (κ1) is 20.7. The normalized spacial score (nSPS) is 29.3. The number of aliphatic hydroxyl groups excluding tert-OH is 1. The third kappa shape index (κ3) is 2.56. The molecule has 3 N–H and O–H groups in total. The Morgan fingerprint density at radius 3 is 2.48 bits per heavy atom. The maximum Gasteiger partial charge on any atom is 0.310 e. The maximum absolute atomic E-state index is 12.4. The summed E-state index contributed by atoms with van der Waals surface area (Å²) in [5, 5.41) is 42.9. The second kappa shape index (κ2) is 7.14. The minimum atomic E-state index is -2.24. The van der Waals surface area contributed by atoms with Gasteiger partial charge < -0.3 is 20.1 Å². The number of ether oxygens (including phenoxy) is 1. The molecule has 1 fully saturated rings. The predicted molar refractivity (Wildman–Crippen MR) is 114 cm³/mol. The molecule has 1 aliphatic heterocycles. The van der Waals surface area contributed by atoms with Gasteiger partial charge >= 0.3 is 5.97 Å². The van der Waals surface area contributed by atoms with E-state index in [1.807, 2.05) is 6.07 Å². The third-order valence-electron chi connectivity index (χ3n) is 6.62. The lowest BCUT2D eigenvalue weighted by atomic mass is 9.71. The van der Waals surface area contributed by atoms with Crippen molar-refractivity contribution in [1.29, 1.82) is 5.26 Å². The van der Waals surface area contributed by atoms with Crippen LogP contribution in [0.4, 0.5) is 5.69 Å². The second-order valence-corrected chi connectivity index (χ2v) is 8.14. The Hall–Kier alpha value is -4.24. The summed E-state index contributed by atoms with van der Waals surface area (Å²) in [5.74, 6) is -3.65. The molecule has 8 heteroatoms. The Morgan fingerprint density at radius 2 is 1.88 bits per heavy atom. The number of nitriles is 1. The van der Waals surface area contributed by atoms with Gasteiger partial charge in [-0.3, -0.25) is 9.78 Å². The number of carboxylic acid groups (broad SMARTS) is 1. The third-order valence-corrected chi connectivity index (χ3v) is 6.62. The molecule has 1 aliphatic carbocycles. The molecule has 0 saturated heterocycles. The van der Waals surface area contributed by atoms with Gasteiger partial charge in [-0.15, -0.1) is 0 Å². The molecule has 33 heavy (non-hydrogen) atoms. The van der Waals surface area contributed by atoms with Crippen molar-refractivity contribution in [3.63, 3.8) is 0 Å². The molecule has 1 aromatic heterocycles. The van der Waals surface area contributed by atoms with Crippen LogP contribution in [0, 0.1) is 23.8 Å². The molecule has 0 unspecified atom stereocenters. The average Bonchev–Trinajstić information content (AvgIpc) is 3.22. The zero-order chi connectivity index (χ0) is 23.4. The van der Waals surface area contributed by atoms with Crippen molar-refractivity contribution in [2.45, 2.75) is 23.2 Å². The number of aliphatic hydroxyl groups is 2. The van der Waals surface area contributed by atoms with Gasteiger partial charge in [-0.1, -0.05) is 42.5 Å². The van der Waals surface area contributed by atoms with E-state index in [2.05, 4.69) is 9.83 Å². The molecule has 2 aliphatic rings. The first-order valence-corrected chi connectivity index (χ1v) is 10.1. The fourth-order valence-corrected chi connectivity index (χ4v) is 5.27. The van der Waals surface area contributed by atoms with Crippen LogP contribution in [-0.2, 0) is 16.0 Å². The van der Waals surface area contributed by atoms with E-state index in [1.54, 1.807) is 42.5 Å². The SMILES string of the molecule is [C-]#[N+]c1cnc2c(c1)O[C@@]1(c3ccc(C#N)cc3)[C@H](c3ccccc3)[C@@H](C(=O)O)[C@@H](O)[C@@]21O. The zero-order valence-corrected chi connectivity index (χ0v) is 17.1. The largest absolute Gasteiger partial charge is 0.481 e. The van der Waals surface area contributed by atoms with Gasteiger partial charge in [0.15, 0.2) is 11.2 Å². The number of hydrogen-bond donors (Lipinski definition) is 3. The average molecular weight is 439 g/mol. The van der Waals surface area contributed by atoms with Crippen LogP contribution in [0.3, 0.4) is 0 Å². The number of aromatic nitrogens is 1. The molecule has 5 rings (SSSR count). The summed E-state index contributed by atoms with van der Waals surface area (Å²) in [6.07, 6.45) is -0.524. The van der Waals surface area contributed by atoms with Gasteiger partial charge in [-0.2, -0.15) is 5.26 Å². The zero-order valence-electron chi connectivity index (χ0n) is 17.1. The topological polar surface area (TPSA) is 128 Å². The number of carbonyl (C=O) groups is 1. The van der Waals surface area contributed by atoms with Crippen LogP contribution < -0.4 is 4.74 Å². The number of rotatable bonds is 3. The highest BCUT2D eigenvalue weighted by Gasteiger charge is 2.78. The number of nitrogens with zero attached hydrogens (tertiary/aromatic N) is 3. The Bertz CT molecular complexity index is 1350. The van der Waals surface area contributed by atoms with Gasteiger partial charge in [-0.25, -0.2) is 4.85 Å². The van der Waals surface area contributed by atoms with E-state index in [0.29, 0.717) is 16.7 Å². The molecular formula is C25H17N3O5. The molecule has 1 saturated carbocycles. The first-order valence-electron chi connectivity index (χ1n) is 10.1. The van der Waals surface area contributed by atoms with Crippen LogP contribution >= 0.6 is 0 Å². The summed E-state index contributed by atoms with van der Waals surface area (Å²) in [7, 11) is 0. The van der Waals surface area contributed by atoms with E-state index in [1.165, 1.54) is 24.4 Å². The number of aliphatic carboxylic acids is 1. The number of hydrogen-bond acceptors (Lipinski definition) is 6. The van der Waals surface area contributed by atoms with Crippen LogP contribution in [0.2, 0.25) is 0 Å². The van der Waals surface area contributed by atoms with Crippen LogP contribution in [0.5, 0.6) is 5.75 Å². The molecule has 3 aromatic rings. The second-order valence-electron chi connectivity index (χ2n) is 8.14. The monoisotopic (exact) mass is 439 g/mol. The summed E-state index contributed by atoms with van der Waals surface area (Å²) in [6, 6.07) is 18.4. The lowest BCUT2D eigenvalue weighted by Gasteiger charge is -2.40. The summed E-state index contributed by atoms with van der Waals surface area (Å²) in [6.45, 7) is 7.28. The molecule has 2 heterocycles. The molecular weight excluding hydrogens is 422 g/mol. The molecule has 162 valence electrons. The highest BCUT2D eigenvalue weighted by atomic mass is 16.5. The van der Waals surface area contributed by atoms with E-state index in [0.717, 1.165) is 0 Å². The summed E-state index contributed by atoms with van der Waals surface area (Å²) in [5.41, 5.74) is -2.58. The Balaban J connectivity index is 1.86. The minimum Gasteiger partial charge on any atom is -0.481 e. The summed E-state index contributed by atoms with van der Waals surface area (Å²) < 4.78 is 6.38. The van der Waals surface area contributed by atoms with E-state index in [9.17, 15) is 25.4 Å². The van der Waals surface area contributed by atoms with Crippen molar-refractivity contribution < 1.29 is 24.9 Å². The molecule has 5 atom stereocenters. The van der Waals surface area contributed by atoms with Gasteiger partial charge in [0, 0.05) is 12.1 Å². The van der Waals surface area contributed by atoms with E-state index >= 15 is 0 Å². The van der Waals surface area contributed by atoms with E-state index in [-0.39, 0.29) is 17.1 Å². The van der Waals surface area contributed by atoms with Crippen molar-refractivity contribution in [2.75, 3.05) is 0 Å². The molecule has 0 radical (unpaired) electrons. The lowest BCUT2D eigenvalue weighted by molar-refractivity contribution is -0.160. The van der Waals surface area contributed by atoms with Crippen molar-refractivity contribution in [2.24, 2.45) is 5.92 Å². The Labute approximate surface area is 188 Å². The van der Waals surface area contributed by atoms with Gasteiger partial charge in [0.1, 0.15) is 17.5 Å². The fourth-order valence-electron chi connectivity index (χ4n) is 5.27. The molecule has 8 nitrogen and oxygen atoms in total. The predicted octanol–water partition coefficient (Wildman–Crippen LogP) is 2.84. The Morgan fingerprint density at radius 1 is 1.18 bits per heavy atom. The van der Waals surface area contributed by atoms with Crippen molar-refractivity contribution in [1.82, 2.24) is 4.98 Å². The van der Waals surface area contributed by atoms with Crippen molar-refractivity contribution in [3.8, 4) is 11.8 Å². The summed E-state index contributed by atoms with van der Waals surface area (Å²) in [4.78, 5) is 20.0. The fraction of sp³-hybridized carbons (Fsp3) is 0.200. The molecule has 2 aromatic carbocycles. The van der Waals surface area contributed by atoms with Crippen LogP contribution in [0.1, 0.15) is 28.3 Å². The highest BCUT2D eigenvalue weighted by Crippen LogP contribution is 2.68. The molecule has 0 bridgehead atoms. The van der Waals surface area contributed by atoms with E-state index < -0.39 is 35.1 Å². The van der Waals surface area contributed by atoms with Crippen molar-refractivity contribution >= 4 is 11.7 Å². The molecule has 0 amide bonds. The van der Waals surface area contributed by atoms with Gasteiger partial charge in [0.05, 0.1) is 24.1 Å². The highest BCUT2D eigenvalue weighted by molar-refractivity contribution is 5.76. The van der Waals surface area contributed by atoms with Crippen molar-refractivity contribution in [3.05, 3.63) is 101 Å². The lowest BCUT2D eigenvalue weighted by Crippen LogP contribution is -2.52. The van der Waals surface area contributed by atoms with Crippen LogP contribution in [0.15, 0.2) is 66.9 Å². The van der Waals surface area contributed by atoms with Crippen LogP contribution in [0.25, 0.3) is 4.85 Å². The Kier molecular flexibility index (Phi) is 4.47. The quantitative estimate of drug-likeness (QED) is 0.536. The van der Waals surface area contributed by atoms with Gasteiger partial charge in [0.2, 0.25) is 5.69 Å². The minimum absolute atomic E-state index is 0.0311. The number of benzene rings is 2. The van der Waals surface area contributed by atoms with E-state index in [4.69, 9.17) is 11.3 Å². The van der Waals surface area contributed by atoms with Gasteiger partial charge in [-0.05, 0) is 29.3 Å². The smallest absolute Gasteiger partial charge is 0.310 e. The number of pyridine rings is 1. The van der Waals surface area contributed by atoms with Crippen LogP contribution in [-0.4, -0.2) is 32.4 Å². The molecule has 0 spiro atoms. The number of carboxylic acids is 1. The van der Waals surface area contributed by atoms with Gasteiger partial charge in [0.25, 0.3) is 0 Å². The summed E-state index contributed by atoms with van der Waals surface area (Å²) >= 11 is 0.